The minimum absolute atomic E-state index is 0.0539. The third-order valence-corrected chi connectivity index (χ3v) is 3.48. The van der Waals surface area contributed by atoms with Gasteiger partial charge in [0.1, 0.15) is 11.9 Å². The molecule has 0 aliphatic carbocycles. The number of anilines is 4. The van der Waals surface area contributed by atoms with Gasteiger partial charge in [-0.25, -0.2) is 0 Å². The molecular formula is C11H18N6O2. The average molecular weight is 266 g/mol. The Morgan fingerprint density at radius 3 is 3.05 bits per heavy atom. The van der Waals surface area contributed by atoms with Crippen molar-refractivity contribution in [2.24, 2.45) is 0 Å². The Kier molecular flexibility index (Phi) is 3.03. The second-order valence-corrected chi connectivity index (χ2v) is 4.66. The third kappa shape index (κ3) is 2.02. The van der Waals surface area contributed by atoms with Crippen LogP contribution in [0.3, 0.4) is 0 Å². The number of aliphatic hydroxyl groups is 1. The van der Waals surface area contributed by atoms with Gasteiger partial charge >= 0.3 is 0 Å². The van der Waals surface area contributed by atoms with Crippen LogP contribution in [0.2, 0.25) is 0 Å². The van der Waals surface area contributed by atoms with Gasteiger partial charge in [0.05, 0.1) is 19.4 Å². The van der Waals surface area contributed by atoms with Crippen molar-refractivity contribution in [3.05, 3.63) is 0 Å². The molecule has 8 heteroatoms. The summed E-state index contributed by atoms with van der Waals surface area (Å²) in [5, 5.41) is 15.4. The second-order valence-electron chi connectivity index (χ2n) is 4.66. The minimum Gasteiger partial charge on any atom is -0.394 e. The lowest BCUT2D eigenvalue weighted by Crippen LogP contribution is -2.36. The molecule has 1 saturated heterocycles. The first-order valence-electron chi connectivity index (χ1n) is 6.35. The molecule has 3 heterocycles. The Morgan fingerprint density at radius 1 is 1.53 bits per heavy atom. The molecular weight excluding hydrogens is 248 g/mol. The highest BCUT2D eigenvalue weighted by molar-refractivity contribution is 5.82. The van der Waals surface area contributed by atoms with Crippen LogP contribution in [0.4, 0.5) is 23.3 Å². The Hall–Kier alpha value is -1.80. The minimum atomic E-state index is -0.0861. The highest BCUT2D eigenvalue weighted by Crippen LogP contribution is 2.38. The number of fused-ring (bicyclic) bond motifs is 1. The van der Waals surface area contributed by atoms with Crippen LogP contribution >= 0.6 is 0 Å². The number of nitrogens with two attached hydrogens (primary N) is 1. The molecule has 2 aliphatic heterocycles. The van der Waals surface area contributed by atoms with Gasteiger partial charge in [0, 0.05) is 7.05 Å². The predicted molar refractivity (Wildman–Crippen MR) is 71.9 cm³/mol. The summed E-state index contributed by atoms with van der Waals surface area (Å²) in [7, 11) is 1.79. The van der Waals surface area contributed by atoms with Crippen molar-refractivity contribution in [1.82, 2.24) is 9.97 Å². The Bertz CT molecular complexity index is 482. The van der Waals surface area contributed by atoms with Crippen LogP contribution in [-0.4, -0.2) is 47.7 Å². The van der Waals surface area contributed by atoms with Gasteiger partial charge in [-0.1, -0.05) is 0 Å². The molecule has 1 aromatic heterocycles. The molecule has 2 atom stereocenters. The maximum absolute atomic E-state index is 9.13. The molecule has 0 amide bonds. The van der Waals surface area contributed by atoms with Crippen molar-refractivity contribution in [1.29, 1.82) is 0 Å². The lowest BCUT2D eigenvalue weighted by molar-refractivity contribution is 0.0115. The first-order chi connectivity index (χ1) is 9.22. The van der Waals surface area contributed by atoms with Gasteiger partial charge in [0.25, 0.3) is 0 Å². The van der Waals surface area contributed by atoms with Gasteiger partial charge in [0.2, 0.25) is 5.95 Å². The fraction of sp³-hybridized carbons (Fsp3) is 0.636. The van der Waals surface area contributed by atoms with Crippen LogP contribution in [-0.2, 0) is 4.74 Å². The largest absolute Gasteiger partial charge is 0.394 e. The highest BCUT2D eigenvalue weighted by atomic mass is 16.5. The van der Waals surface area contributed by atoms with Crippen molar-refractivity contribution in [3.8, 4) is 0 Å². The van der Waals surface area contributed by atoms with Crippen molar-refractivity contribution < 1.29 is 9.84 Å². The van der Waals surface area contributed by atoms with Crippen LogP contribution in [0.25, 0.3) is 0 Å². The van der Waals surface area contributed by atoms with E-state index in [1.54, 1.807) is 7.05 Å². The SMILES string of the molecule is CNc1nc(N)nc2c1NCN2C1CCC(CO)O1. The number of nitrogens with zero attached hydrogens (tertiary/aromatic N) is 3. The maximum atomic E-state index is 9.13. The highest BCUT2D eigenvalue weighted by Gasteiger charge is 2.35. The summed E-state index contributed by atoms with van der Waals surface area (Å²) < 4.78 is 5.78. The Labute approximate surface area is 111 Å². The quantitative estimate of drug-likeness (QED) is 0.595. The molecule has 0 aromatic carbocycles. The van der Waals surface area contributed by atoms with Crippen LogP contribution < -0.4 is 21.3 Å². The molecule has 2 unspecified atom stereocenters. The van der Waals surface area contributed by atoms with E-state index in [1.807, 2.05) is 4.90 Å². The van der Waals surface area contributed by atoms with Crippen molar-refractivity contribution in [2.75, 3.05) is 41.6 Å². The fourth-order valence-electron chi connectivity index (χ4n) is 2.54. The maximum Gasteiger partial charge on any atom is 0.224 e. The monoisotopic (exact) mass is 266 g/mol. The van der Waals surface area contributed by atoms with Crippen molar-refractivity contribution in [3.63, 3.8) is 0 Å². The van der Waals surface area contributed by atoms with E-state index in [0.717, 1.165) is 24.3 Å². The fourth-order valence-corrected chi connectivity index (χ4v) is 2.54. The summed E-state index contributed by atoms with van der Waals surface area (Å²) in [4.78, 5) is 10.4. The molecule has 0 saturated carbocycles. The number of aromatic nitrogens is 2. The molecule has 2 aliphatic rings. The van der Waals surface area contributed by atoms with E-state index >= 15 is 0 Å². The van der Waals surface area contributed by atoms with E-state index in [0.29, 0.717) is 12.5 Å². The number of nitrogens with one attached hydrogen (secondary N) is 2. The van der Waals surface area contributed by atoms with Crippen molar-refractivity contribution >= 4 is 23.3 Å². The number of hydrogen-bond donors (Lipinski definition) is 4. The molecule has 3 rings (SSSR count). The molecule has 0 radical (unpaired) electrons. The van der Waals surface area contributed by atoms with Crippen LogP contribution in [0.1, 0.15) is 12.8 Å². The zero-order valence-electron chi connectivity index (χ0n) is 10.8. The first kappa shape index (κ1) is 12.2. The molecule has 19 heavy (non-hydrogen) atoms. The zero-order chi connectivity index (χ0) is 13.4. The van der Waals surface area contributed by atoms with E-state index in [4.69, 9.17) is 15.6 Å². The van der Waals surface area contributed by atoms with Gasteiger partial charge in [-0.05, 0) is 12.8 Å². The third-order valence-electron chi connectivity index (χ3n) is 3.48. The molecule has 1 aromatic rings. The van der Waals surface area contributed by atoms with E-state index in [2.05, 4.69) is 20.6 Å². The van der Waals surface area contributed by atoms with E-state index in [-0.39, 0.29) is 24.9 Å². The Balaban J connectivity index is 1.88. The second kappa shape index (κ2) is 4.71. The topological polar surface area (TPSA) is 109 Å². The summed E-state index contributed by atoms with van der Waals surface area (Å²) in [6.45, 7) is 0.656. The summed E-state index contributed by atoms with van der Waals surface area (Å²) in [6.07, 6.45) is 1.55. The smallest absolute Gasteiger partial charge is 0.224 e. The normalized spacial score (nSPS) is 25.3. The van der Waals surface area contributed by atoms with Gasteiger partial charge < -0.3 is 31.1 Å². The van der Waals surface area contributed by atoms with Gasteiger partial charge in [-0.15, -0.1) is 0 Å². The van der Waals surface area contributed by atoms with E-state index < -0.39 is 0 Å². The van der Waals surface area contributed by atoms with E-state index in [9.17, 15) is 0 Å². The number of ether oxygens (including phenoxy) is 1. The summed E-state index contributed by atoms with van der Waals surface area (Å²) in [5.74, 6) is 1.66. The van der Waals surface area contributed by atoms with Crippen LogP contribution in [0.15, 0.2) is 0 Å². The summed E-state index contributed by atoms with van der Waals surface area (Å²) in [5.41, 5.74) is 6.56. The van der Waals surface area contributed by atoms with Crippen LogP contribution in [0.5, 0.6) is 0 Å². The van der Waals surface area contributed by atoms with Gasteiger partial charge in [-0.2, -0.15) is 9.97 Å². The average Bonchev–Trinajstić information content (AvgIpc) is 3.03. The molecule has 1 fully saturated rings. The lowest BCUT2D eigenvalue weighted by atomic mass is 10.2. The number of aliphatic hydroxyl groups excluding tert-OH is 1. The lowest BCUT2D eigenvalue weighted by Gasteiger charge is -2.24. The molecule has 8 nitrogen and oxygen atoms in total. The molecule has 5 N–H and O–H groups in total. The van der Waals surface area contributed by atoms with E-state index in [1.165, 1.54) is 0 Å². The number of nitrogen functional groups attached to an aromatic ring is 1. The van der Waals surface area contributed by atoms with Gasteiger partial charge in [-0.3, -0.25) is 0 Å². The summed E-state index contributed by atoms with van der Waals surface area (Å²) in [6, 6.07) is 0. The molecule has 0 spiro atoms. The Morgan fingerprint density at radius 2 is 2.37 bits per heavy atom. The van der Waals surface area contributed by atoms with Crippen molar-refractivity contribution in [2.45, 2.75) is 25.2 Å². The standard InChI is InChI=1S/C11H18N6O2/c1-13-9-8-10(16-11(12)15-9)17(5-14-8)7-3-2-6(4-18)19-7/h6-7,14,18H,2-5H2,1H3,(H3,12,13,15,16). The van der Waals surface area contributed by atoms with Gasteiger partial charge in [0.15, 0.2) is 11.6 Å². The molecule has 104 valence electrons. The number of hydrogen-bond acceptors (Lipinski definition) is 8. The molecule has 0 bridgehead atoms. The number of rotatable bonds is 3. The first-order valence-corrected chi connectivity index (χ1v) is 6.35. The zero-order valence-corrected chi connectivity index (χ0v) is 10.8. The summed E-state index contributed by atoms with van der Waals surface area (Å²) >= 11 is 0. The van der Waals surface area contributed by atoms with Crippen LogP contribution in [0, 0.1) is 0 Å². The predicted octanol–water partition coefficient (Wildman–Crippen LogP) is -0.213.